The van der Waals surface area contributed by atoms with Gasteiger partial charge in [0.25, 0.3) is 16.8 Å². The van der Waals surface area contributed by atoms with E-state index >= 15 is 0 Å². The fourth-order valence-electron chi connectivity index (χ4n) is 3.96. The molecule has 0 saturated carbocycles. The van der Waals surface area contributed by atoms with Gasteiger partial charge in [0, 0.05) is 32.1 Å². The number of nitrogens with zero attached hydrogens (tertiary/aromatic N) is 2. The molecule has 0 fully saturated rings. The van der Waals surface area contributed by atoms with Crippen LogP contribution in [0, 0.1) is 0 Å². The van der Waals surface area contributed by atoms with Crippen molar-refractivity contribution < 1.29 is 9.90 Å². The molecule has 0 radical (unpaired) electrons. The molecule has 3 aromatic carbocycles. The molecular weight excluding hydrogens is 444 g/mol. The summed E-state index contributed by atoms with van der Waals surface area (Å²) in [5.74, 6) is -0.734. The fourth-order valence-corrected chi connectivity index (χ4v) is 3.96. The summed E-state index contributed by atoms with van der Waals surface area (Å²) in [6.07, 6.45) is 3.90. The molecule has 0 bridgehead atoms. The standard InChI is InChI=1S/C27H26N4O4/c1-4-19(16-9-6-5-7-10-16)29-22-23(26(34)25(22)33)30-20-13-12-18(17-11-8-14-28-15-17)21(24(20)32)27(35)31(2)3/h5-15,19,29-30,32H,4H2,1-3H3/t19-/m1/s1. The zero-order valence-electron chi connectivity index (χ0n) is 19.7. The minimum atomic E-state index is -0.688. The Bertz CT molecular complexity index is 1430. The first kappa shape index (κ1) is 23.7. The van der Waals surface area contributed by atoms with Crippen molar-refractivity contribution in [3.63, 3.8) is 0 Å². The number of carbonyl (C=O) groups is 1. The summed E-state index contributed by atoms with van der Waals surface area (Å²) in [5, 5.41) is 17.1. The van der Waals surface area contributed by atoms with Gasteiger partial charge in [0.15, 0.2) is 5.75 Å². The zero-order valence-corrected chi connectivity index (χ0v) is 19.7. The molecule has 8 nitrogen and oxygen atoms in total. The number of aromatic nitrogens is 1. The molecule has 4 aromatic rings. The molecule has 0 aliphatic carbocycles. The maximum atomic E-state index is 13.0. The highest BCUT2D eigenvalue weighted by molar-refractivity contribution is 6.05. The van der Waals surface area contributed by atoms with Crippen molar-refractivity contribution in [1.82, 2.24) is 9.88 Å². The van der Waals surface area contributed by atoms with E-state index in [1.54, 1.807) is 50.8 Å². The van der Waals surface area contributed by atoms with E-state index in [1.165, 1.54) is 4.90 Å². The zero-order chi connectivity index (χ0) is 25.1. The number of anilines is 3. The van der Waals surface area contributed by atoms with Crippen LogP contribution in [-0.2, 0) is 0 Å². The summed E-state index contributed by atoms with van der Waals surface area (Å²) < 4.78 is 0. The number of phenols is 1. The molecule has 178 valence electrons. The summed E-state index contributed by atoms with van der Waals surface area (Å²) in [5.41, 5.74) is 1.24. The first-order valence-electron chi connectivity index (χ1n) is 11.2. The second kappa shape index (κ2) is 9.80. The third-order valence-corrected chi connectivity index (χ3v) is 5.87. The molecule has 1 amide bonds. The van der Waals surface area contributed by atoms with E-state index in [2.05, 4.69) is 15.6 Å². The van der Waals surface area contributed by atoms with Gasteiger partial charge in [-0.15, -0.1) is 0 Å². The number of nitrogens with one attached hydrogen (secondary N) is 2. The molecule has 0 aliphatic rings. The molecule has 0 aliphatic heterocycles. The van der Waals surface area contributed by atoms with Gasteiger partial charge in [-0.25, -0.2) is 0 Å². The van der Waals surface area contributed by atoms with Crippen LogP contribution in [0.3, 0.4) is 0 Å². The lowest BCUT2D eigenvalue weighted by Crippen LogP contribution is -2.37. The second-order valence-electron chi connectivity index (χ2n) is 8.37. The van der Waals surface area contributed by atoms with E-state index in [0.717, 1.165) is 5.56 Å². The molecule has 4 rings (SSSR count). The molecule has 0 unspecified atom stereocenters. The fraction of sp³-hybridized carbons (Fsp3) is 0.185. The average Bonchev–Trinajstić information content (AvgIpc) is 2.89. The number of hydrogen-bond acceptors (Lipinski definition) is 7. The predicted molar refractivity (Wildman–Crippen MR) is 137 cm³/mol. The van der Waals surface area contributed by atoms with Crippen molar-refractivity contribution in [2.24, 2.45) is 0 Å². The lowest BCUT2D eigenvalue weighted by molar-refractivity contribution is 0.0825. The monoisotopic (exact) mass is 470 g/mol. The van der Waals surface area contributed by atoms with Crippen LogP contribution in [0.4, 0.5) is 17.1 Å². The van der Waals surface area contributed by atoms with Crippen molar-refractivity contribution >= 4 is 23.0 Å². The first-order chi connectivity index (χ1) is 16.8. The van der Waals surface area contributed by atoms with Crippen molar-refractivity contribution in [1.29, 1.82) is 0 Å². The highest BCUT2D eigenvalue weighted by atomic mass is 16.3. The van der Waals surface area contributed by atoms with E-state index in [4.69, 9.17) is 0 Å². The van der Waals surface area contributed by atoms with Crippen LogP contribution in [0.2, 0.25) is 0 Å². The number of hydrogen-bond donors (Lipinski definition) is 3. The third kappa shape index (κ3) is 4.50. The Hall–Kier alpha value is -4.46. The highest BCUT2D eigenvalue weighted by Gasteiger charge is 2.27. The minimum absolute atomic E-state index is 0.0528. The van der Waals surface area contributed by atoms with Crippen molar-refractivity contribution in [3.8, 4) is 16.9 Å². The Kier molecular flexibility index (Phi) is 6.64. The summed E-state index contributed by atoms with van der Waals surface area (Å²) in [6, 6.07) is 16.2. The number of amides is 1. The molecule has 8 heteroatoms. The van der Waals surface area contributed by atoms with Crippen LogP contribution < -0.4 is 21.5 Å². The van der Waals surface area contributed by atoms with Gasteiger partial charge in [-0.1, -0.05) is 49.4 Å². The van der Waals surface area contributed by atoms with E-state index < -0.39 is 16.8 Å². The normalized spacial score (nSPS) is 11.7. The van der Waals surface area contributed by atoms with Crippen LogP contribution in [0.1, 0.15) is 35.3 Å². The number of aromatic hydroxyl groups is 1. The van der Waals surface area contributed by atoms with Crippen LogP contribution in [0.25, 0.3) is 11.1 Å². The average molecular weight is 471 g/mol. The summed E-state index contributed by atoms with van der Waals surface area (Å²) in [6.45, 7) is 1.98. The van der Waals surface area contributed by atoms with Crippen LogP contribution >= 0.6 is 0 Å². The predicted octanol–water partition coefficient (Wildman–Crippen LogP) is 4.06. The molecule has 3 N–H and O–H groups in total. The molecule has 1 aromatic heterocycles. The van der Waals surface area contributed by atoms with Gasteiger partial charge in [0.2, 0.25) is 0 Å². The second-order valence-corrected chi connectivity index (χ2v) is 8.37. The topological polar surface area (TPSA) is 112 Å². The number of phenolic OH excluding ortho intramolecular Hbond substituents is 1. The van der Waals surface area contributed by atoms with Crippen LogP contribution in [0.15, 0.2) is 76.6 Å². The van der Waals surface area contributed by atoms with Gasteiger partial charge < -0.3 is 20.6 Å². The molecule has 0 spiro atoms. The smallest absolute Gasteiger partial charge is 0.257 e. The maximum absolute atomic E-state index is 13.0. The number of rotatable bonds is 8. The quantitative estimate of drug-likeness (QED) is 0.263. The van der Waals surface area contributed by atoms with Gasteiger partial charge in [-0.3, -0.25) is 19.4 Å². The SMILES string of the molecule is CC[C@@H](Nc1c(Nc2ccc(-c3cccnc3)c(C(=O)N(C)C)c2O)c(=O)c1=O)c1ccccc1. The van der Waals surface area contributed by atoms with Gasteiger partial charge in [-0.05, 0) is 29.7 Å². The largest absolute Gasteiger partial charge is 0.505 e. The van der Waals surface area contributed by atoms with E-state index in [1.807, 2.05) is 37.3 Å². The van der Waals surface area contributed by atoms with Gasteiger partial charge in [0.05, 0.1) is 17.3 Å². The number of carbonyl (C=O) groups excluding carboxylic acids is 1. The Morgan fingerprint density at radius 3 is 2.34 bits per heavy atom. The Balaban J connectivity index is 1.72. The lowest BCUT2D eigenvalue weighted by Gasteiger charge is -2.23. The summed E-state index contributed by atoms with van der Waals surface area (Å²) >= 11 is 0. The Morgan fingerprint density at radius 2 is 1.71 bits per heavy atom. The Labute approximate surface area is 202 Å². The van der Waals surface area contributed by atoms with Gasteiger partial charge in [-0.2, -0.15) is 0 Å². The Morgan fingerprint density at radius 1 is 1.00 bits per heavy atom. The lowest BCUT2D eigenvalue weighted by atomic mass is 9.97. The van der Waals surface area contributed by atoms with Crippen molar-refractivity contribution in [2.75, 3.05) is 24.7 Å². The van der Waals surface area contributed by atoms with Crippen molar-refractivity contribution in [3.05, 3.63) is 98.6 Å². The third-order valence-electron chi connectivity index (χ3n) is 5.87. The van der Waals surface area contributed by atoms with E-state index in [0.29, 0.717) is 17.5 Å². The summed E-state index contributed by atoms with van der Waals surface area (Å²) in [7, 11) is 3.17. The van der Waals surface area contributed by atoms with E-state index in [-0.39, 0.29) is 34.4 Å². The number of benzene rings is 2. The first-order valence-corrected chi connectivity index (χ1v) is 11.2. The molecule has 35 heavy (non-hydrogen) atoms. The number of pyridine rings is 1. The summed E-state index contributed by atoms with van der Waals surface area (Å²) in [4.78, 5) is 43.3. The molecule has 0 saturated heterocycles. The van der Waals surface area contributed by atoms with Gasteiger partial charge >= 0.3 is 0 Å². The minimum Gasteiger partial charge on any atom is -0.505 e. The van der Waals surface area contributed by atoms with Crippen molar-refractivity contribution in [2.45, 2.75) is 19.4 Å². The maximum Gasteiger partial charge on any atom is 0.257 e. The molecule has 1 heterocycles. The highest BCUT2D eigenvalue weighted by Crippen LogP contribution is 2.38. The van der Waals surface area contributed by atoms with Crippen LogP contribution in [-0.4, -0.2) is 35.0 Å². The van der Waals surface area contributed by atoms with Gasteiger partial charge in [0.1, 0.15) is 11.4 Å². The molecule has 1 atom stereocenters. The van der Waals surface area contributed by atoms with Crippen LogP contribution in [0.5, 0.6) is 5.75 Å². The van der Waals surface area contributed by atoms with E-state index in [9.17, 15) is 19.5 Å². The molecular formula is C27H26N4O4.